The Morgan fingerprint density at radius 2 is 1.70 bits per heavy atom. The number of benzene rings is 1. The van der Waals surface area contributed by atoms with Crippen LogP contribution in [0.1, 0.15) is 63.5 Å². The van der Waals surface area contributed by atoms with Crippen LogP contribution in [0.4, 0.5) is 0 Å². The first-order valence-electron chi connectivity index (χ1n) is 7.70. The first-order valence-corrected chi connectivity index (χ1v) is 7.70. The van der Waals surface area contributed by atoms with Crippen LogP contribution in [-0.2, 0) is 0 Å². The molecule has 0 fully saturated rings. The summed E-state index contributed by atoms with van der Waals surface area (Å²) >= 11 is 0. The fourth-order valence-corrected chi connectivity index (χ4v) is 2.42. The van der Waals surface area contributed by atoms with Gasteiger partial charge < -0.3 is 15.2 Å². The van der Waals surface area contributed by atoms with Crippen LogP contribution in [0, 0.1) is 0 Å². The quantitative estimate of drug-likeness (QED) is 0.643. The van der Waals surface area contributed by atoms with Crippen molar-refractivity contribution in [2.75, 3.05) is 14.2 Å². The highest BCUT2D eigenvalue weighted by Crippen LogP contribution is 2.30. The Hall–Kier alpha value is -1.22. The van der Waals surface area contributed by atoms with Gasteiger partial charge in [0.25, 0.3) is 0 Å². The summed E-state index contributed by atoms with van der Waals surface area (Å²) < 4.78 is 10.6. The van der Waals surface area contributed by atoms with Crippen LogP contribution < -0.4 is 15.2 Å². The number of hydrogen-bond donors (Lipinski definition) is 1. The lowest BCUT2D eigenvalue weighted by molar-refractivity contribution is 0.386. The van der Waals surface area contributed by atoms with E-state index in [1.165, 1.54) is 38.5 Å². The van der Waals surface area contributed by atoms with Gasteiger partial charge in [0, 0.05) is 17.7 Å². The van der Waals surface area contributed by atoms with Crippen molar-refractivity contribution in [2.45, 2.75) is 57.9 Å². The predicted molar refractivity (Wildman–Crippen MR) is 84.5 cm³/mol. The zero-order chi connectivity index (χ0) is 14.8. The van der Waals surface area contributed by atoms with Crippen molar-refractivity contribution >= 4 is 0 Å². The van der Waals surface area contributed by atoms with E-state index in [4.69, 9.17) is 15.2 Å². The Bertz CT molecular complexity index is 379. The number of hydrogen-bond acceptors (Lipinski definition) is 3. The molecule has 0 aliphatic rings. The van der Waals surface area contributed by atoms with Crippen LogP contribution in [0.25, 0.3) is 0 Å². The van der Waals surface area contributed by atoms with Crippen molar-refractivity contribution in [3.8, 4) is 11.5 Å². The van der Waals surface area contributed by atoms with E-state index in [-0.39, 0.29) is 6.04 Å². The van der Waals surface area contributed by atoms with E-state index in [1.807, 2.05) is 18.2 Å². The Kier molecular flexibility index (Phi) is 8.12. The smallest absolute Gasteiger partial charge is 0.127 e. The number of unbranched alkanes of at least 4 members (excludes halogenated alkanes) is 5. The molecule has 0 aromatic heterocycles. The number of rotatable bonds is 10. The summed E-state index contributed by atoms with van der Waals surface area (Å²) in [6.07, 6.45) is 8.76. The Balaban J connectivity index is 2.44. The van der Waals surface area contributed by atoms with Gasteiger partial charge in [-0.1, -0.05) is 51.5 Å². The monoisotopic (exact) mass is 279 g/mol. The fourth-order valence-electron chi connectivity index (χ4n) is 2.42. The SMILES string of the molecule is CCCCCCCCC(N)c1ccc(OC)cc1OC. The van der Waals surface area contributed by atoms with Gasteiger partial charge in [-0.2, -0.15) is 0 Å². The van der Waals surface area contributed by atoms with Crippen molar-refractivity contribution in [1.82, 2.24) is 0 Å². The molecular weight excluding hydrogens is 250 g/mol. The van der Waals surface area contributed by atoms with Gasteiger partial charge in [0.15, 0.2) is 0 Å². The van der Waals surface area contributed by atoms with Gasteiger partial charge in [-0.15, -0.1) is 0 Å². The highest BCUT2D eigenvalue weighted by atomic mass is 16.5. The van der Waals surface area contributed by atoms with E-state index in [0.29, 0.717) is 0 Å². The molecule has 1 aromatic rings. The number of ether oxygens (including phenoxy) is 2. The van der Waals surface area contributed by atoms with Crippen molar-refractivity contribution in [3.05, 3.63) is 23.8 Å². The normalized spacial score (nSPS) is 12.2. The van der Waals surface area contributed by atoms with Crippen LogP contribution in [0.2, 0.25) is 0 Å². The third kappa shape index (κ3) is 5.41. The van der Waals surface area contributed by atoms with Crippen LogP contribution in [0.5, 0.6) is 11.5 Å². The third-order valence-corrected chi connectivity index (χ3v) is 3.71. The average Bonchev–Trinajstić information content (AvgIpc) is 2.49. The molecule has 0 radical (unpaired) electrons. The topological polar surface area (TPSA) is 44.5 Å². The molecule has 3 heteroatoms. The van der Waals surface area contributed by atoms with E-state index >= 15 is 0 Å². The molecule has 114 valence electrons. The maximum atomic E-state index is 6.28. The van der Waals surface area contributed by atoms with Gasteiger partial charge in [0.1, 0.15) is 11.5 Å². The molecule has 1 rings (SSSR count). The van der Waals surface area contributed by atoms with Crippen LogP contribution in [0.3, 0.4) is 0 Å². The molecule has 2 N–H and O–H groups in total. The van der Waals surface area contributed by atoms with E-state index in [0.717, 1.165) is 23.5 Å². The molecule has 0 amide bonds. The summed E-state index contributed by atoms with van der Waals surface area (Å²) in [5.41, 5.74) is 7.35. The highest BCUT2D eigenvalue weighted by Gasteiger charge is 2.12. The zero-order valence-corrected chi connectivity index (χ0v) is 13.2. The lowest BCUT2D eigenvalue weighted by atomic mass is 9.99. The highest BCUT2D eigenvalue weighted by molar-refractivity contribution is 5.42. The molecule has 0 saturated carbocycles. The van der Waals surface area contributed by atoms with E-state index < -0.39 is 0 Å². The maximum Gasteiger partial charge on any atom is 0.127 e. The summed E-state index contributed by atoms with van der Waals surface area (Å²) in [5.74, 6) is 1.63. The molecule has 3 nitrogen and oxygen atoms in total. The van der Waals surface area contributed by atoms with Gasteiger partial charge in [0.05, 0.1) is 14.2 Å². The van der Waals surface area contributed by atoms with Gasteiger partial charge in [-0.05, 0) is 12.5 Å². The predicted octanol–water partition coefficient (Wildman–Crippen LogP) is 4.45. The Morgan fingerprint density at radius 3 is 2.35 bits per heavy atom. The molecule has 0 heterocycles. The number of methoxy groups -OCH3 is 2. The second kappa shape index (κ2) is 9.65. The van der Waals surface area contributed by atoms with E-state index in [9.17, 15) is 0 Å². The molecule has 20 heavy (non-hydrogen) atoms. The lowest BCUT2D eigenvalue weighted by Crippen LogP contribution is -2.11. The summed E-state index contributed by atoms with van der Waals surface area (Å²) in [6.45, 7) is 2.24. The second-order valence-electron chi connectivity index (χ2n) is 5.27. The Morgan fingerprint density at radius 1 is 1.00 bits per heavy atom. The van der Waals surface area contributed by atoms with E-state index in [1.54, 1.807) is 14.2 Å². The van der Waals surface area contributed by atoms with Crippen molar-refractivity contribution < 1.29 is 9.47 Å². The Labute approximate surface area is 123 Å². The van der Waals surface area contributed by atoms with Crippen molar-refractivity contribution in [3.63, 3.8) is 0 Å². The second-order valence-corrected chi connectivity index (χ2v) is 5.27. The largest absolute Gasteiger partial charge is 0.497 e. The fraction of sp³-hybridized carbons (Fsp3) is 0.647. The molecular formula is C17H29NO2. The maximum absolute atomic E-state index is 6.28. The molecule has 0 spiro atoms. The molecule has 0 aliphatic heterocycles. The average molecular weight is 279 g/mol. The molecule has 0 bridgehead atoms. The lowest BCUT2D eigenvalue weighted by Gasteiger charge is -2.16. The molecule has 0 saturated heterocycles. The van der Waals surface area contributed by atoms with Crippen LogP contribution >= 0.6 is 0 Å². The number of nitrogens with two attached hydrogens (primary N) is 1. The summed E-state index contributed by atoms with van der Waals surface area (Å²) in [7, 11) is 3.33. The minimum atomic E-state index is 0.0435. The minimum absolute atomic E-state index is 0.0435. The molecule has 1 atom stereocenters. The molecule has 1 aromatic carbocycles. The van der Waals surface area contributed by atoms with Gasteiger partial charge in [-0.3, -0.25) is 0 Å². The zero-order valence-electron chi connectivity index (χ0n) is 13.2. The summed E-state index contributed by atoms with van der Waals surface area (Å²) in [4.78, 5) is 0. The molecule has 1 unspecified atom stereocenters. The van der Waals surface area contributed by atoms with E-state index in [2.05, 4.69) is 6.92 Å². The van der Waals surface area contributed by atoms with Gasteiger partial charge >= 0.3 is 0 Å². The van der Waals surface area contributed by atoms with Gasteiger partial charge in [0.2, 0.25) is 0 Å². The minimum Gasteiger partial charge on any atom is -0.497 e. The standard InChI is InChI=1S/C17H29NO2/c1-4-5-6-7-8-9-10-16(18)15-12-11-14(19-2)13-17(15)20-3/h11-13,16H,4-10,18H2,1-3H3. The summed E-state index contributed by atoms with van der Waals surface area (Å²) in [6, 6.07) is 5.90. The van der Waals surface area contributed by atoms with Crippen LogP contribution in [-0.4, -0.2) is 14.2 Å². The summed E-state index contributed by atoms with van der Waals surface area (Å²) in [5, 5.41) is 0. The third-order valence-electron chi connectivity index (χ3n) is 3.71. The first-order chi connectivity index (χ1) is 9.72. The first kappa shape index (κ1) is 16.8. The van der Waals surface area contributed by atoms with Crippen molar-refractivity contribution in [1.29, 1.82) is 0 Å². The van der Waals surface area contributed by atoms with Crippen molar-refractivity contribution in [2.24, 2.45) is 5.73 Å². The molecule has 0 aliphatic carbocycles. The van der Waals surface area contributed by atoms with Gasteiger partial charge in [-0.25, -0.2) is 0 Å². The van der Waals surface area contributed by atoms with Crippen LogP contribution in [0.15, 0.2) is 18.2 Å².